The smallest absolute Gasteiger partial charge is 0.340 e. The molecule has 4 heteroatoms. The van der Waals surface area contributed by atoms with Crippen LogP contribution in [0.3, 0.4) is 0 Å². The molecule has 0 saturated carbocycles. The van der Waals surface area contributed by atoms with E-state index in [1.165, 1.54) is 5.56 Å². The average Bonchev–Trinajstić information content (AvgIpc) is 2.94. The van der Waals surface area contributed by atoms with Crippen molar-refractivity contribution in [3.05, 3.63) is 53.9 Å². The standard InChI is InChI=1S/C17H22N2O2/c1-3-10-19-11-9-14(13-19)12-18-16-8-6-5-7-15(16)17(20)21-4-2/h5-9,11,13,18H,3-4,10,12H2,1-2H3. The predicted molar refractivity (Wildman–Crippen MR) is 84.4 cm³/mol. The maximum absolute atomic E-state index is 11.9. The molecule has 2 rings (SSSR count). The normalized spacial score (nSPS) is 10.4. The van der Waals surface area contributed by atoms with E-state index in [9.17, 15) is 4.79 Å². The molecule has 0 radical (unpaired) electrons. The Hall–Kier alpha value is -2.23. The van der Waals surface area contributed by atoms with Crippen LogP contribution in [0.5, 0.6) is 0 Å². The number of hydrogen-bond acceptors (Lipinski definition) is 3. The highest BCUT2D eigenvalue weighted by Gasteiger charge is 2.11. The first-order valence-corrected chi connectivity index (χ1v) is 7.39. The zero-order valence-corrected chi connectivity index (χ0v) is 12.6. The second-order valence-corrected chi connectivity index (χ2v) is 4.88. The van der Waals surface area contributed by atoms with E-state index in [2.05, 4.69) is 35.3 Å². The highest BCUT2D eigenvalue weighted by molar-refractivity contribution is 5.95. The Bertz CT molecular complexity index is 590. The maximum Gasteiger partial charge on any atom is 0.340 e. The van der Waals surface area contributed by atoms with E-state index in [-0.39, 0.29) is 5.97 Å². The third-order valence-corrected chi connectivity index (χ3v) is 3.20. The van der Waals surface area contributed by atoms with E-state index in [0.29, 0.717) is 18.7 Å². The Morgan fingerprint density at radius 1 is 1.24 bits per heavy atom. The molecule has 0 spiro atoms. The van der Waals surface area contributed by atoms with Gasteiger partial charge in [-0.05, 0) is 37.1 Å². The van der Waals surface area contributed by atoms with E-state index >= 15 is 0 Å². The number of rotatable bonds is 7. The monoisotopic (exact) mass is 286 g/mol. The largest absolute Gasteiger partial charge is 0.462 e. The SMILES string of the molecule is CCCn1ccc(CNc2ccccc2C(=O)OCC)c1. The van der Waals surface area contributed by atoms with Crippen molar-refractivity contribution in [3.8, 4) is 0 Å². The molecule has 0 aliphatic rings. The molecule has 0 amide bonds. The van der Waals surface area contributed by atoms with Gasteiger partial charge < -0.3 is 14.6 Å². The van der Waals surface area contributed by atoms with Crippen LogP contribution in [0, 0.1) is 0 Å². The summed E-state index contributed by atoms with van der Waals surface area (Å²) in [7, 11) is 0. The van der Waals surface area contributed by atoms with Crippen LogP contribution in [0.4, 0.5) is 5.69 Å². The molecule has 21 heavy (non-hydrogen) atoms. The number of benzene rings is 1. The minimum atomic E-state index is -0.288. The summed E-state index contributed by atoms with van der Waals surface area (Å²) in [6.45, 7) is 6.07. The van der Waals surface area contributed by atoms with Gasteiger partial charge in [0.05, 0.1) is 12.2 Å². The maximum atomic E-state index is 11.9. The minimum Gasteiger partial charge on any atom is -0.462 e. The summed E-state index contributed by atoms with van der Waals surface area (Å²) in [6, 6.07) is 9.52. The number of aryl methyl sites for hydroxylation is 1. The molecule has 1 aromatic carbocycles. The summed E-state index contributed by atoms with van der Waals surface area (Å²) in [6.07, 6.45) is 5.33. The van der Waals surface area contributed by atoms with Crippen molar-refractivity contribution in [1.82, 2.24) is 4.57 Å². The number of hydrogen-bond donors (Lipinski definition) is 1. The summed E-state index contributed by atoms with van der Waals surface area (Å²) >= 11 is 0. The van der Waals surface area contributed by atoms with Gasteiger partial charge in [-0.25, -0.2) is 4.79 Å². The predicted octanol–water partition coefficient (Wildman–Crippen LogP) is 3.69. The van der Waals surface area contributed by atoms with Crippen LogP contribution in [0.25, 0.3) is 0 Å². The summed E-state index contributed by atoms with van der Waals surface area (Å²) in [5.41, 5.74) is 2.58. The number of nitrogens with one attached hydrogen (secondary N) is 1. The topological polar surface area (TPSA) is 43.3 Å². The number of aromatic nitrogens is 1. The summed E-state index contributed by atoms with van der Waals surface area (Å²) in [5.74, 6) is -0.288. The minimum absolute atomic E-state index is 0.288. The Morgan fingerprint density at radius 3 is 2.81 bits per heavy atom. The summed E-state index contributed by atoms with van der Waals surface area (Å²) < 4.78 is 7.25. The van der Waals surface area contributed by atoms with Crippen LogP contribution in [0.1, 0.15) is 36.2 Å². The van der Waals surface area contributed by atoms with E-state index < -0.39 is 0 Å². The number of carbonyl (C=O) groups excluding carboxylic acids is 1. The Morgan fingerprint density at radius 2 is 2.05 bits per heavy atom. The number of para-hydroxylation sites is 1. The molecule has 2 aromatic rings. The van der Waals surface area contributed by atoms with Gasteiger partial charge in [-0.1, -0.05) is 19.1 Å². The number of nitrogens with zero attached hydrogens (tertiary/aromatic N) is 1. The van der Waals surface area contributed by atoms with Crippen molar-refractivity contribution in [1.29, 1.82) is 0 Å². The number of carbonyl (C=O) groups is 1. The molecule has 0 fully saturated rings. The van der Waals surface area contributed by atoms with Crippen molar-refractivity contribution >= 4 is 11.7 Å². The molecule has 1 N–H and O–H groups in total. The Labute approximate surface area is 125 Å². The molecule has 1 heterocycles. The van der Waals surface area contributed by atoms with Gasteiger partial charge in [0.25, 0.3) is 0 Å². The van der Waals surface area contributed by atoms with Crippen LogP contribution < -0.4 is 5.32 Å². The molecule has 1 aromatic heterocycles. The third kappa shape index (κ3) is 4.12. The summed E-state index contributed by atoms with van der Waals surface area (Å²) in [5, 5.41) is 3.31. The lowest BCUT2D eigenvalue weighted by Crippen LogP contribution is -2.09. The van der Waals surface area contributed by atoms with E-state index in [0.717, 1.165) is 18.7 Å². The van der Waals surface area contributed by atoms with Gasteiger partial charge in [-0.2, -0.15) is 0 Å². The van der Waals surface area contributed by atoms with Gasteiger partial charge in [0.2, 0.25) is 0 Å². The molecule has 0 atom stereocenters. The van der Waals surface area contributed by atoms with Gasteiger partial charge in [0, 0.05) is 31.2 Å². The van der Waals surface area contributed by atoms with Crippen LogP contribution in [-0.2, 0) is 17.8 Å². The first-order valence-electron chi connectivity index (χ1n) is 7.39. The molecule has 0 bridgehead atoms. The van der Waals surface area contributed by atoms with Crippen molar-refractivity contribution < 1.29 is 9.53 Å². The highest BCUT2D eigenvalue weighted by Crippen LogP contribution is 2.17. The van der Waals surface area contributed by atoms with Crippen LogP contribution in [-0.4, -0.2) is 17.1 Å². The van der Waals surface area contributed by atoms with Crippen molar-refractivity contribution in [3.63, 3.8) is 0 Å². The van der Waals surface area contributed by atoms with Gasteiger partial charge in [0.1, 0.15) is 0 Å². The first-order chi connectivity index (χ1) is 10.2. The van der Waals surface area contributed by atoms with Gasteiger partial charge in [-0.15, -0.1) is 0 Å². The molecule has 4 nitrogen and oxygen atoms in total. The van der Waals surface area contributed by atoms with Crippen LogP contribution >= 0.6 is 0 Å². The number of anilines is 1. The lowest BCUT2D eigenvalue weighted by atomic mass is 10.1. The lowest BCUT2D eigenvalue weighted by molar-refractivity contribution is 0.0527. The third-order valence-electron chi connectivity index (χ3n) is 3.20. The molecule has 0 unspecified atom stereocenters. The zero-order valence-electron chi connectivity index (χ0n) is 12.6. The number of esters is 1. The molecule has 0 aliphatic heterocycles. The molecular formula is C17H22N2O2. The molecule has 112 valence electrons. The Kier molecular flexibility index (Phi) is 5.43. The second-order valence-electron chi connectivity index (χ2n) is 4.88. The summed E-state index contributed by atoms with van der Waals surface area (Å²) in [4.78, 5) is 11.9. The highest BCUT2D eigenvalue weighted by atomic mass is 16.5. The Balaban J connectivity index is 2.03. The molecule has 0 saturated heterocycles. The first kappa shape index (κ1) is 15.2. The van der Waals surface area contributed by atoms with Crippen LogP contribution in [0.15, 0.2) is 42.7 Å². The van der Waals surface area contributed by atoms with Gasteiger partial charge >= 0.3 is 5.97 Å². The van der Waals surface area contributed by atoms with E-state index in [4.69, 9.17) is 4.74 Å². The van der Waals surface area contributed by atoms with Crippen molar-refractivity contribution in [2.24, 2.45) is 0 Å². The van der Waals surface area contributed by atoms with Crippen molar-refractivity contribution in [2.75, 3.05) is 11.9 Å². The van der Waals surface area contributed by atoms with Gasteiger partial charge in [0.15, 0.2) is 0 Å². The fourth-order valence-electron chi connectivity index (χ4n) is 2.21. The lowest BCUT2D eigenvalue weighted by Gasteiger charge is -2.10. The quantitative estimate of drug-likeness (QED) is 0.789. The van der Waals surface area contributed by atoms with Crippen LogP contribution in [0.2, 0.25) is 0 Å². The van der Waals surface area contributed by atoms with E-state index in [1.807, 2.05) is 25.1 Å². The second kappa shape index (κ2) is 7.53. The van der Waals surface area contributed by atoms with E-state index in [1.54, 1.807) is 6.07 Å². The zero-order chi connectivity index (χ0) is 15.1. The fourth-order valence-corrected chi connectivity index (χ4v) is 2.21. The molecule has 0 aliphatic carbocycles. The van der Waals surface area contributed by atoms with Gasteiger partial charge in [-0.3, -0.25) is 0 Å². The molecular weight excluding hydrogens is 264 g/mol. The van der Waals surface area contributed by atoms with Crippen molar-refractivity contribution in [2.45, 2.75) is 33.4 Å². The fraction of sp³-hybridized carbons (Fsp3) is 0.353. The average molecular weight is 286 g/mol. The number of ether oxygens (including phenoxy) is 1.